The lowest BCUT2D eigenvalue weighted by Gasteiger charge is -2.32. The highest BCUT2D eigenvalue weighted by Gasteiger charge is 2.30. The van der Waals surface area contributed by atoms with Crippen molar-refractivity contribution in [1.82, 2.24) is 9.80 Å². The Labute approximate surface area is 112 Å². The first-order valence-electron chi connectivity index (χ1n) is 7.73. The van der Waals surface area contributed by atoms with Gasteiger partial charge in [-0.3, -0.25) is 4.90 Å². The van der Waals surface area contributed by atoms with Crippen molar-refractivity contribution in [2.24, 2.45) is 5.92 Å². The number of rotatable bonds is 4. The molecule has 0 amide bonds. The Bertz CT molecular complexity index is 245. The van der Waals surface area contributed by atoms with Gasteiger partial charge in [-0.25, -0.2) is 0 Å². The normalized spacial score (nSPS) is 35.0. The van der Waals surface area contributed by atoms with Crippen molar-refractivity contribution in [2.75, 3.05) is 33.7 Å². The van der Waals surface area contributed by atoms with Gasteiger partial charge in [-0.2, -0.15) is 0 Å². The Morgan fingerprint density at radius 2 is 1.83 bits per heavy atom. The predicted octanol–water partition coefficient (Wildman–Crippen LogP) is 1.95. The maximum Gasteiger partial charge on any atom is 0.0580 e. The van der Waals surface area contributed by atoms with Crippen molar-refractivity contribution in [3.05, 3.63) is 0 Å². The van der Waals surface area contributed by atoms with E-state index in [4.69, 9.17) is 0 Å². The third kappa shape index (κ3) is 3.94. The van der Waals surface area contributed by atoms with Crippen molar-refractivity contribution in [2.45, 2.75) is 57.1 Å². The highest BCUT2D eigenvalue weighted by atomic mass is 16.3. The fraction of sp³-hybridized carbons (Fsp3) is 1.00. The first-order valence-corrected chi connectivity index (χ1v) is 7.73. The molecule has 1 heterocycles. The topological polar surface area (TPSA) is 26.7 Å². The average Bonchev–Trinajstić information content (AvgIpc) is 2.62. The van der Waals surface area contributed by atoms with Crippen LogP contribution in [-0.4, -0.2) is 60.8 Å². The highest BCUT2D eigenvalue weighted by molar-refractivity contribution is 4.85. The molecule has 1 saturated carbocycles. The molecule has 3 atom stereocenters. The van der Waals surface area contributed by atoms with E-state index in [2.05, 4.69) is 23.9 Å². The smallest absolute Gasteiger partial charge is 0.0580 e. The van der Waals surface area contributed by atoms with Gasteiger partial charge in [0.15, 0.2) is 0 Å². The number of aliphatic hydroxyl groups excluding tert-OH is 1. The fourth-order valence-corrected chi connectivity index (χ4v) is 3.64. The molecular formula is C15H30N2O. The molecule has 0 spiro atoms. The van der Waals surface area contributed by atoms with Crippen LogP contribution < -0.4 is 0 Å². The number of hydrogen-bond donors (Lipinski definition) is 1. The molecule has 0 radical (unpaired) electrons. The molecule has 3 heteroatoms. The minimum Gasteiger partial charge on any atom is -0.393 e. The predicted molar refractivity (Wildman–Crippen MR) is 75.7 cm³/mol. The summed E-state index contributed by atoms with van der Waals surface area (Å²) in [6.45, 7) is 3.53. The molecule has 18 heavy (non-hydrogen) atoms. The molecule has 2 fully saturated rings. The van der Waals surface area contributed by atoms with Gasteiger partial charge in [0, 0.05) is 19.1 Å². The van der Waals surface area contributed by atoms with Crippen LogP contribution in [-0.2, 0) is 0 Å². The summed E-state index contributed by atoms with van der Waals surface area (Å²) in [6.07, 6.45) is 8.72. The van der Waals surface area contributed by atoms with Crippen molar-refractivity contribution in [1.29, 1.82) is 0 Å². The summed E-state index contributed by atoms with van der Waals surface area (Å²) in [7, 11) is 4.33. The SMILES string of the molecule is CN(C)CC1CCCN1CC1CCCCCC1O. The lowest BCUT2D eigenvalue weighted by molar-refractivity contribution is 0.0667. The van der Waals surface area contributed by atoms with E-state index in [0.29, 0.717) is 5.92 Å². The van der Waals surface area contributed by atoms with Gasteiger partial charge in [-0.05, 0) is 52.2 Å². The molecule has 2 rings (SSSR count). The second-order valence-corrected chi connectivity index (χ2v) is 6.52. The summed E-state index contributed by atoms with van der Waals surface area (Å²) >= 11 is 0. The average molecular weight is 254 g/mol. The number of hydrogen-bond acceptors (Lipinski definition) is 3. The van der Waals surface area contributed by atoms with Crippen LogP contribution in [0.3, 0.4) is 0 Å². The number of likely N-dealkylation sites (tertiary alicyclic amines) is 1. The van der Waals surface area contributed by atoms with E-state index in [0.717, 1.165) is 19.0 Å². The Balaban J connectivity index is 1.86. The standard InChI is InChI=1S/C15H30N2O/c1-16(2)12-14-8-6-10-17(14)11-13-7-4-3-5-9-15(13)18/h13-15,18H,3-12H2,1-2H3. The Morgan fingerprint density at radius 1 is 1.06 bits per heavy atom. The fourth-order valence-electron chi connectivity index (χ4n) is 3.64. The maximum absolute atomic E-state index is 10.2. The van der Waals surface area contributed by atoms with E-state index in [1.165, 1.54) is 51.6 Å². The Morgan fingerprint density at radius 3 is 2.61 bits per heavy atom. The number of aliphatic hydroxyl groups is 1. The molecule has 1 saturated heterocycles. The zero-order chi connectivity index (χ0) is 13.0. The Kier molecular flexibility index (Phi) is 5.46. The molecule has 3 unspecified atom stereocenters. The molecule has 0 bridgehead atoms. The third-order valence-corrected chi connectivity index (χ3v) is 4.66. The van der Waals surface area contributed by atoms with Crippen LogP contribution in [0.5, 0.6) is 0 Å². The van der Waals surface area contributed by atoms with Crippen LogP contribution >= 0.6 is 0 Å². The molecule has 0 aromatic heterocycles. The molecule has 1 aliphatic heterocycles. The molecule has 2 aliphatic rings. The minimum atomic E-state index is -0.0480. The van der Waals surface area contributed by atoms with Gasteiger partial charge >= 0.3 is 0 Å². The summed E-state index contributed by atoms with van der Waals surface area (Å²) in [5.41, 5.74) is 0. The minimum absolute atomic E-state index is 0.0480. The quantitative estimate of drug-likeness (QED) is 0.777. The monoisotopic (exact) mass is 254 g/mol. The molecule has 1 N–H and O–H groups in total. The zero-order valence-corrected chi connectivity index (χ0v) is 12.1. The van der Waals surface area contributed by atoms with Gasteiger partial charge < -0.3 is 10.0 Å². The number of likely N-dealkylation sites (N-methyl/N-ethyl adjacent to an activating group) is 1. The molecule has 0 aromatic carbocycles. The summed E-state index contributed by atoms with van der Waals surface area (Å²) in [4.78, 5) is 4.94. The van der Waals surface area contributed by atoms with Gasteiger partial charge in [0.05, 0.1) is 6.10 Å². The van der Waals surface area contributed by atoms with Crippen molar-refractivity contribution >= 4 is 0 Å². The highest BCUT2D eigenvalue weighted by Crippen LogP contribution is 2.27. The molecule has 106 valence electrons. The van der Waals surface area contributed by atoms with Gasteiger partial charge in [-0.1, -0.05) is 19.3 Å². The Hall–Kier alpha value is -0.120. The van der Waals surface area contributed by atoms with Crippen molar-refractivity contribution < 1.29 is 5.11 Å². The van der Waals surface area contributed by atoms with Gasteiger partial charge in [-0.15, -0.1) is 0 Å². The lowest BCUT2D eigenvalue weighted by atomic mass is 9.96. The lowest BCUT2D eigenvalue weighted by Crippen LogP contribution is -2.42. The number of nitrogens with zero attached hydrogens (tertiary/aromatic N) is 2. The zero-order valence-electron chi connectivity index (χ0n) is 12.1. The van der Waals surface area contributed by atoms with Crippen LogP contribution in [0.4, 0.5) is 0 Å². The summed E-state index contributed by atoms with van der Waals surface area (Å²) < 4.78 is 0. The van der Waals surface area contributed by atoms with Crippen LogP contribution in [0, 0.1) is 5.92 Å². The second kappa shape index (κ2) is 6.88. The molecule has 0 aromatic rings. The van der Waals surface area contributed by atoms with E-state index in [-0.39, 0.29) is 6.10 Å². The van der Waals surface area contributed by atoms with Crippen molar-refractivity contribution in [3.8, 4) is 0 Å². The van der Waals surface area contributed by atoms with Crippen LogP contribution in [0.1, 0.15) is 44.9 Å². The van der Waals surface area contributed by atoms with Crippen LogP contribution in [0.2, 0.25) is 0 Å². The molecule has 1 aliphatic carbocycles. The van der Waals surface area contributed by atoms with E-state index in [1.807, 2.05) is 0 Å². The third-order valence-electron chi connectivity index (χ3n) is 4.66. The molecular weight excluding hydrogens is 224 g/mol. The first kappa shape index (κ1) is 14.3. The van der Waals surface area contributed by atoms with Gasteiger partial charge in [0.1, 0.15) is 0 Å². The van der Waals surface area contributed by atoms with Gasteiger partial charge in [0.25, 0.3) is 0 Å². The van der Waals surface area contributed by atoms with Crippen LogP contribution in [0.15, 0.2) is 0 Å². The van der Waals surface area contributed by atoms with Crippen LogP contribution in [0.25, 0.3) is 0 Å². The van der Waals surface area contributed by atoms with Crippen molar-refractivity contribution in [3.63, 3.8) is 0 Å². The first-order chi connectivity index (χ1) is 8.66. The summed E-state index contributed by atoms with van der Waals surface area (Å²) in [5, 5.41) is 10.2. The largest absolute Gasteiger partial charge is 0.393 e. The summed E-state index contributed by atoms with van der Waals surface area (Å²) in [6, 6.07) is 0.718. The summed E-state index contributed by atoms with van der Waals surface area (Å²) in [5.74, 6) is 0.523. The molecule has 3 nitrogen and oxygen atoms in total. The van der Waals surface area contributed by atoms with E-state index < -0.39 is 0 Å². The van der Waals surface area contributed by atoms with E-state index in [1.54, 1.807) is 0 Å². The van der Waals surface area contributed by atoms with E-state index >= 15 is 0 Å². The maximum atomic E-state index is 10.2. The van der Waals surface area contributed by atoms with E-state index in [9.17, 15) is 5.11 Å². The van der Waals surface area contributed by atoms with Gasteiger partial charge in [0.2, 0.25) is 0 Å². The second-order valence-electron chi connectivity index (χ2n) is 6.52.